The number of nitrogens with zero attached hydrogens (tertiary/aromatic N) is 1. The summed E-state index contributed by atoms with van der Waals surface area (Å²) in [5.74, 6) is -0.829. The third-order valence-corrected chi connectivity index (χ3v) is 5.26. The van der Waals surface area contributed by atoms with E-state index in [4.69, 9.17) is 14.2 Å². The molecule has 8 heteroatoms. The minimum atomic E-state index is -0.585. The first kappa shape index (κ1) is 25.1. The number of halogens is 1. The monoisotopic (exact) mass is 468 g/mol. The largest absolute Gasteiger partial charge is 0.490 e. The van der Waals surface area contributed by atoms with E-state index in [0.717, 1.165) is 24.0 Å². The predicted octanol–water partition coefficient (Wildman–Crippen LogP) is 4.91. The molecule has 3 aromatic rings. The second-order valence-electron chi connectivity index (χ2n) is 7.83. The number of nitrogens with one attached hydrogen (secondary N) is 1. The maximum Gasteiger partial charge on any atom is 0.341 e. The van der Waals surface area contributed by atoms with Crippen LogP contribution in [0.15, 0.2) is 42.6 Å². The van der Waals surface area contributed by atoms with Crippen molar-refractivity contribution in [1.29, 1.82) is 0 Å². The van der Waals surface area contributed by atoms with Gasteiger partial charge in [-0.05, 0) is 48.2 Å². The standard InChI is InChI=1S/C26H29FN2O5/c1-4-5-11-34-25-21(26(31)33-3)15-22(29-23(30)10-12-32-2)20-14-18(16-28-24(20)25)13-17-6-8-19(27)9-7-17/h6-9,14-16H,4-5,10-13H2,1-3H3,(H,29,30). The fraction of sp³-hybridized carbons (Fsp3) is 0.346. The van der Waals surface area contributed by atoms with E-state index in [9.17, 15) is 14.0 Å². The normalized spacial score (nSPS) is 10.8. The van der Waals surface area contributed by atoms with E-state index in [1.54, 1.807) is 24.4 Å². The molecule has 0 fully saturated rings. The van der Waals surface area contributed by atoms with E-state index in [2.05, 4.69) is 10.3 Å². The topological polar surface area (TPSA) is 86.8 Å². The minimum absolute atomic E-state index is 0.156. The molecule has 7 nitrogen and oxygen atoms in total. The van der Waals surface area contributed by atoms with Crippen LogP contribution in [0.1, 0.15) is 47.7 Å². The summed E-state index contributed by atoms with van der Waals surface area (Å²) < 4.78 is 29.2. The second kappa shape index (κ2) is 12.1. The third-order valence-electron chi connectivity index (χ3n) is 5.26. The average Bonchev–Trinajstić information content (AvgIpc) is 2.84. The van der Waals surface area contributed by atoms with Gasteiger partial charge in [0.2, 0.25) is 5.91 Å². The molecule has 0 atom stereocenters. The van der Waals surface area contributed by atoms with Crippen molar-refractivity contribution >= 4 is 28.5 Å². The highest BCUT2D eigenvalue weighted by Crippen LogP contribution is 2.36. The number of methoxy groups -OCH3 is 2. The van der Waals surface area contributed by atoms with E-state index in [1.165, 1.54) is 26.4 Å². The number of carbonyl (C=O) groups is 2. The number of unbranched alkanes of at least 4 members (excludes halogenated alkanes) is 1. The molecule has 0 bridgehead atoms. The van der Waals surface area contributed by atoms with E-state index in [-0.39, 0.29) is 30.3 Å². The molecule has 1 amide bonds. The van der Waals surface area contributed by atoms with Gasteiger partial charge in [0.15, 0.2) is 5.75 Å². The average molecular weight is 469 g/mol. The molecule has 1 aromatic heterocycles. The molecule has 0 aliphatic heterocycles. The summed E-state index contributed by atoms with van der Waals surface area (Å²) >= 11 is 0. The fourth-order valence-corrected chi connectivity index (χ4v) is 3.48. The van der Waals surface area contributed by atoms with Crippen LogP contribution in [0, 0.1) is 5.82 Å². The molecule has 0 aliphatic rings. The first-order chi connectivity index (χ1) is 16.5. The molecule has 34 heavy (non-hydrogen) atoms. The molecule has 1 heterocycles. The summed E-state index contributed by atoms with van der Waals surface area (Å²) in [6.45, 7) is 2.72. The maximum atomic E-state index is 13.3. The number of anilines is 1. The first-order valence-electron chi connectivity index (χ1n) is 11.2. The molecule has 0 saturated carbocycles. The van der Waals surface area contributed by atoms with Crippen molar-refractivity contribution in [3.8, 4) is 5.75 Å². The van der Waals surface area contributed by atoms with Gasteiger partial charge in [-0.1, -0.05) is 25.5 Å². The summed E-state index contributed by atoms with van der Waals surface area (Å²) in [6.07, 6.45) is 4.10. The number of carbonyl (C=O) groups excluding carboxylic acids is 2. The number of amides is 1. The lowest BCUT2D eigenvalue weighted by molar-refractivity contribution is -0.117. The van der Waals surface area contributed by atoms with Gasteiger partial charge in [0, 0.05) is 18.7 Å². The molecule has 0 aliphatic carbocycles. The van der Waals surface area contributed by atoms with Crippen LogP contribution >= 0.6 is 0 Å². The zero-order valence-corrected chi connectivity index (χ0v) is 19.7. The van der Waals surface area contributed by atoms with Crippen LogP contribution in [-0.2, 0) is 20.7 Å². The third kappa shape index (κ3) is 6.29. The number of hydrogen-bond donors (Lipinski definition) is 1. The quantitative estimate of drug-likeness (QED) is 0.318. The Morgan fingerprint density at radius 1 is 1.06 bits per heavy atom. The van der Waals surface area contributed by atoms with Crippen LogP contribution in [0.4, 0.5) is 10.1 Å². The Hall–Kier alpha value is -3.52. The Labute approximate surface area is 198 Å². The van der Waals surface area contributed by atoms with Crippen LogP contribution in [0.5, 0.6) is 5.75 Å². The van der Waals surface area contributed by atoms with Crippen LogP contribution < -0.4 is 10.1 Å². The molecule has 0 radical (unpaired) electrons. The Morgan fingerprint density at radius 2 is 1.82 bits per heavy atom. The Balaban J connectivity index is 2.10. The zero-order chi connectivity index (χ0) is 24.5. The highest BCUT2D eigenvalue weighted by Gasteiger charge is 2.22. The van der Waals surface area contributed by atoms with Crippen molar-refractivity contribution in [2.75, 3.05) is 32.8 Å². The molecular weight excluding hydrogens is 439 g/mol. The number of esters is 1. The van der Waals surface area contributed by atoms with Gasteiger partial charge in [-0.15, -0.1) is 0 Å². The smallest absolute Gasteiger partial charge is 0.341 e. The number of rotatable bonds is 11. The van der Waals surface area contributed by atoms with Gasteiger partial charge >= 0.3 is 5.97 Å². The lowest BCUT2D eigenvalue weighted by atomic mass is 10.0. The molecule has 3 rings (SSSR count). The SMILES string of the molecule is CCCCOc1c(C(=O)OC)cc(NC(=O)CCOC)c2cc(Cc3ccc(F)cc3)cnc12. The Morgan fingerprint density at radius 3 is 2.50 bits per heavy atom. The second-order valence-corrected chi connectivity index (χ2v) is 7.83. The minimum Gasteiger partial charge on any atom is -0.490 e. The highest BCUT2D eigenvalue weighted by atomic mass is 19.1. The summed E-state index contributed by atoms with van der Waals surface area (Å²) in [7, 11) is 2.81. The summed E-state index contributed by atoms with van der Waals surface area (Å²) in [5.41, 5.74) is 2.83. The van der Waals surface area contributed by atoms with Crippen molar-refractivity contribution < 1.29 is 28.2 Å². The molecule has 0 saturated heterocycles. The van der Waals surface area contributed by atoms with Crippen LogP contribution in [0.3, 0.4) is 0 Å². The lowest BCUT2D eigenvalue weighted by Gasteiger charge is -2.17. The Bertz CT molecular complexity index is 1150. The van der Waals surface area contributed by atoms with Gasteiger partial charge in [-0.2, -0.15) is 0 Å². The van der Waals surface area contributed by atoms with Crippen LogP contribution in [-0.4, -0.2) is 44.3 Å². The van der Waals surface area contributed by atoms with Crippen LogP contribution in [0.2, 0.25) is 0 Å². The number of fused-ring (bicyclic) bond motifs is 1. The maximum absolute atomic E-state index is 13.3. The zero-order valence-electron chi connectivity index (χ0n) is 19.7. The number of ether oxygens (including phenoxy) is 3. The molecule has 2 aromatic carbocycles. The van der Waals surface area contributed by atoms with Crippen molar-refractivity contribution in [3.05, 3.63) is 65.1 Å². The van der Waals surface area contributed by atoms with Gasteiger partial charge in [-0.25, -0.2) is 9.18 Å². The van der Waals surface area contributed by atoms with Gasteiger partial charge < -0.3 is 19.5 Å². The number of benzene rings is 2. The summed E-state index contributed by atoms with van der Waals surface area (Å²) in [4.78, 5) is 29.6. The molecule has 180 valence electrons. The van der Waals surface area contributed by atoms with Gasteiger partial charge in [0.05, 0.1) is 32.4 Å². The van der Waals surface area contributed by atoms with Crippen molar-refractivity contribution in [1.82, 2.24) is 4.98 Å². The lowest BCUT2D eigenvalue weighted by Crippen LogP contribution is -2.16. The summed E-state index contributed by atoms with van der Waals surface area (Å²) in [5, 5.41) is 3.49. The van der Waals surface area contributed by atoms with Crippen molar-refractivity contribution in [2.45, 2.75) is 32.6 Å². The van der Waals surface area contributed by atoms with E-state index >= 15 is 0 Å². The van der Waals surface area contributed by atoms with Crippen molar-refractivity contribution in [3.63, 3.8) is 0 Å². The number of aromatic nitrogens is 1. The molecule has 0 unspecified atom stereocenters. The van der Waals surface area contributed by atoms with E-state index < -0.39 is 5.97 Å². The highest BCUT2D eigenvalue weighted by molar-refractivity contribution is 6.08. The fourth-order valence-electron chi connectivity index (χ4n) is 3.48. The first-order valence-corrected chi connectivity index (χ1v) is 11.2. The molecule has 1 N–H and O–H groups in total. The van der Waals surface area contributed by atoms with E-state index in [0.29, 0.717) is 35.4 Å². The summed E-state index contributed by atoms with van der Waals surface area (Å²) in [6, 6.07) is 9.70. The van der Waals surface area contributed by atoms with Gasteiger partial charge in [-0.3, -0.25) is 9.78 Å². The predicted molar refractivity (Wildman–Crippen MR) is 128 cm³/mol. The molecular formula is C26H29FN2O5. The number of pyridine rings is 1. The van der Waals surface area contributed by atoms with Crippen molar-refractivity contribution in [2.24, 2.45) is 0 Å². The molecule has 0 spiro atoms. The Kier molecular flexibility index (Phi) is 8.93. The number of hydrogen-bond acceptors (Lipinski definition) is 6. The van der Waals surface area contributed by atoms with E-state index in [1.807, 2.05) is 13.0 Å². The van der Waals surface area contributed by atoms with Crippen LogP contribution in [0.25, 0.3) is 10.9 Å². The van der Waals surface area contributed by atoms with Gasteiger partial charge in [0.1, 0.15) is 16.9 Å². The van der Waals surface area contributed by atoms with Gasteiger partial charge in [0.25, 0.3) is 0 Å².